The second-order valence-electron chi connectivity index (χ2n) is 4.99. The molecule has 6 nitrogen and oxygen atoms in total. The normalized spacial score (nSPS) is 14.7. The maximum absolute atomic E-state index is 10.7. The average molecular weight is 411 g/mol. The summed E-state index contributed by atoms with van der Waals surface area (Å²) in [6, 6.07) is 9.55. The number of carbonyl (C=O) groups is 1. The maximum Gasteiger partial charge on any atom is 0.404 e. The van der Waals surface area contributed by atoms with Crippen LogP contribution in [0, 0.1) is 0 Å². The van der Waals surface area contributed by atoms with Crippen molar-refractivity contribution in [3.8, 4) is 0 Å². The van der Waals surface area contributed by atoms with Crippen molar-refractivity contribution in [3.63, 3.8) is 0 Å². The number of halogens is 1. The van der Waals surface area contributed by atoms with Crippen LogP contribution in [0.2, 0.25) is 0 Å². The van der Waals surface area contributed by atoms with Gasteiger partial charge in [0.25, 0.3) is 0 Å². The van der Waals surface area contributed by atoms with Crippen molar-refractivity contribution in [1.29, 1.82) is 0 Å². The highest BCUT2D eigenvalue weighted by Crippen LogP contribution is 2.37. The number of nitrogens with zero attached hydrogens (tertiary/aromatic N) is 1. The van der Waals surface area contributed by atoms with Gasteiger partial charge in [-0.15, -0.1) is 0 Å². The predicted octanol–water partition coefficient (Wildman–Crippen LogP) is 3.81. The van der Waals surface area contributed by atoms with E-state index in [1.165, 1.54) is 11.8 Å². The monoisotopic (exact) mass is 410 g/mol. The van der Waals surface area contributed by atoms with E-state index in [2.05, 4.69) is 26.2 Å². The molecule has 0 atom stereocenters. The molecule has 1 aromatic heterocycles. The topological polar surface area (TPSA) is 80.7 Å². The van der Waals surface area contributed by atoms with Crippen molar-refractivity contribution in [2.75, 3.05) is 13.2 Å². The molecule has 0 radical (unpaired) electrons. The summed E-state index contributed by atoms with van der Waals surface area (Å²) in [5.74, 6) is 0. The molecule has 8 heteroatoms. The molecule has 2 aromatic rings. The van der Waals surface area contributed by atoms with Crippen LogP contribution in [0.4, 0.5) is 4.79 Å². The summed E-state index contributed by atoms with van der Waals surface area (Å²) in [4.78, 5) is 16.1. The average Bonchev–Trinajstić information content (AvgIpc) is 3.10. The zero-order valence-electron chi connectivity index (χ0n) is 12.6. The Bertz CT molecular complexity index is 738. The van der Waals surface area contributed by atoms with E-state index in [1.807, 2.05) is 30.3 Å². The Kier molecular flexibility index (Phi) is 5.72. The zero-order valence-corrected chi connectivity index (χ0v) is 15.0. The Morgan fingerprint density at radius 2 is 2.12 bits per heavy atom. The first-order valence-electron chi connectivity index (χ1n) is 7.24. The van der Waals surface area contributed by atoms with Crippen LogP contribution in [0.5, 0.6) is 0 Å². The van der Waals surface area contributed by atoms with Gasteiger partial charge in [0, 0.05) is 27.7 Å². The highest BCUT2D eigenvalue weighted by molar-refractivity contribution is 9.10. The van der Waals surface area contributed by atoms with E-state index in [4.69, 9.17) is 14.6 Å². The number of pyridine rings is 1. The lowest BCUT2D eigenvalue weighted by Gasteiger charge is -2.15. The second kappa shape index (κ2) is 7.98. The number of benzene rings is 1. The van der Waals surface area contributed by atoms with Crippen molar-refractivity contribution in [3.05, 3.63) is 52.1 Å². The lowest BCUT2D eigenvalue weighted by molar-refractivity contribution is -0.0464. The van der Waals surface area contributed by atoms with Gasteiger partial charge in [0.1, 0.15) is 5.03 Å². The van der Waals surface area contributed by atoms with Crippen LogP contribution < -0.4 is 5.32 Å². The Morgan fingerprint density at radius 1 is 1.38 bits per heavy atom. The number of nitrogens with one attached hydrogen (secondary N) is 1. The number of rotatable bonds is 5. The number of carboxylic acid groups (broad SMARTS) is 1. The van der Waals surface area contributed by atoms with Crippen LogP contribution in [0.3, 0.4) is 0 Å². The van der Waals surface area contributed by atoms with Gasteiger partial charge in [-0.1, -0.05) is 30.0 Å². The van der Waals surface area contributed by atoms with Crippen LogP contribution in [0.25, 0.3) is 0 Å². The molecule has 1 aliphatic heterocycles. The van der Waals surface area contributed by atoms with E-state index in [0.29, 0.717) is 13.2 Å². The number of aromatic nitrogens is 1. The molecule has 1 saturated heterocycles. The summed E-state index contributed by atoms with van der Waals surface area (Å²) in [6.45, 7) is 1.35. The number of amides is 1. The molecule has 0 unspecified atom stereocenters. The zero-order chi connectivity index (χ0) is 16.9. The fourth-order valence-corrected chi connectivity index (χ4v) is 3.61. The third kappa shape index (κ3) is 4.27. The van der Waals surface area contributed by atoms with Crippen LogP contribution in [0.15, 0.2) is 50.9 Å². The van der Waals surface area contributed by atoms with E-state index in [1.54, 1.807) is 6.20 Å². The molecule has 0 spiro atoms. The van der Waals surface area contributed by atoms with Gasteiger partial charge in [-0.2, -0.15) is 0 Å². The van der Waals surface area contributed by atoms with Crippen molar-refractivity contribution in [2.24, 2.45) is 0 Å². The number of hydrogen-bond donors (Lipinski definition) is 2. The van der Waals surface area contributed by atoms with Gasteiger partial charge in [-0.3, -0.25) is 0 Å². The van der Waals surface area contributed by atoms with Gasteiger partial charge in [-0.05, 0) is 33.6 Å². The van der Waals surface area contributed by atoms with Gasteiger partial charge in [-0.25, -0.2) is 9.78 Å². The number of ether oxygens (including phenoxy) is 2. The Balaban J connectivity index is 1.87. The highest BCUT2D eigenvalue weighted by Gasteiger charge is 2.23. The molecule has 0 aliphatic carbocycles. The third-order valence-electron chi connectivity index (χ3n) is 3.33. The Morgan fingerprint density at radius 3 is 2.88 bits per heavy atom. The Hall–Kier alpha value is -1.61. The predicted molar refractivity (Wildman–Crippen MR) is 92.0 cm³/mol. The van der Waals surface area contributed by atoms with Crippen molar-refractivity contribution in [1.82, 2.24) is 10.3 Å². The third-order valence-corrected chi connectivity index (χ3v) is 4.92. The fraction of sp³-hybridized carbons (Fsp3) is 0.250. The smallest absolute Gasteiger partial charge is 0.404 e. The van der Waals surface area contributed by atoms with Gasteiger partial charge < -0.3 is 19.9 Å². The van der Waals surface area contributed by atoms with E-state index >= 15 is 0 Å². The maximum atomic E-state index is 10.7. The minimum Gasteiger partial charge on any atom is -0.465 e. The molecule has 2 N–H and O–H groups in total. The van der Waals surface area contributed by atoms with Gasteiger partial charge in [0.05, 0.1) is 13.2 Å². The lowest BCUT2D eigenvalue weighted by Crippen LogP contribution is -2.20. The molecular formula is C16H15BrN2O4S. The molecule has 1 fully saturated rings. The highest BCUT2D eigenvalue weighted by atomic mass is 79.9. The molecule has 0 saturated carbocycles. The van der Waals surface area contributed by atoms with Gasteiger partial charge in [0.2, 0.25) is 0 Å². The molecule has 3 rings (SSSR count). The molecule has 1 aliphatic rings. The van der Waals surface area contributed by atoms with Crippen LogP contribution in [-0.2, 0) is 16.0 Å². The molecule has 0 bridgehead atoms. The minimum atomic E-state index is -1.05. The van der Waals surface area contributed by atoms with Crippen molar-refractivity contribution < 1.29 is 19.4 Å². The first-order chi connectivity index (χ1) is 11.6. The summed E-state index contributed by atoms with van der Waals surface area (Å²) >= 11 is 4.89. The second-order valence-corrected chi connectivity index (χ2v) is 6.94. The molecule has 126 valence electrons. The van der Waals surface area contributed by atoms with Gasteiger partial charge in [0.15, 0.2) is 6.29 Å². The summed E-state index contributed by atoms with van der Waals surface area (Å²) in [6.07, 6.45) is 0.241. The molecule has 1 aromatic carbocycles. The first kappa shape index (κ1) is 17.2. The molecular weight excluding hydrogens is 396 g/mol. The lowest BCUT2D eigenvalue weighted by atomic mass is 10.2. The summed E-state index contributed by atoms with van der Waals surface area (Å²) in [5, 5.41) is 12.0. The quantitative estimate of drug-likeness (QED) is 0.779. The van der Waals surface area contributed by atoms with Crippen molar-refractivity contribution in [2.45, 2.75) is 22.8 Å². The summed E-state index contributed by atoms with van der Waals surface area (Å²) in [7, 11) is 0. The largest absolute Gasteiger partial charge is 0.465 e. The van der Waals surface area contributed by atoms with Crippen LogP contribution in [0.1, 0.15) is 17.4 Å². The molecule has 2 heterocycles. The van der Waals surface area contributed by atoms with Crippen LogP contribution in [-0.4, -0.2) is 29.4 Å². The SMILES string of the molecule is O=C(O)NCc1ccccc1Sc1ncc(Br)cc1C1OCCO1. The van der Waals surface area contributed by atoms with E-state index in [0.717, 1.165) is 25.5 Å². The van der Waals surface area contributed by atoms with E-state index in [9.17, 15) is 4.79 Å². The number of hydrogen-bond acceptors (Lipinski definition) is 5. The van der Waals surface area contributed by atoms with E-state index < -0.39 is 12.4 Å². The molecule has 24 heavy (non-hydrogen) atoms. The fourth-order valence-electron chi connectivity index (χ4n) is 2.26. The summed E-state index contributed by atoms with van der Waals surface area (Å²) in [5.41, 5.74) is 1.74. The summed E-state index contributed by atoms with van der Waals surface area (Å²) < 4.78 is 12.0. The molecule has 1 amide bonds. The first-order valence-corrected chi connectivity index (χ1v) is 8.85. The van der Waals surface area contributed by atoms with Crippen LogP contribution >= 0.6 is 27.7 Å². The minimum absolute atomic E-state index is 0.237. The standard InChI is InChI=1S/C16H15BrN2O4S/c17-11-7-12(15-22-5-6-23-15)14(18-9-11)24-13-4-2-1-3-10(13)8-19-16(20)21/h1-4,7,9,15,19H,5-6,8H2,(H,20,21). The van der Waals surface area contributed by atoms with Crippen molar-refractivity contribution >= 4 is 33.8 Å². The van der Waals surface area contributed by atoms with Gasteiger partial charge >= 0.3 is 6.09 Å². The Labute approximate surface area is 151 Å². The van der Waals surface area contributed by atoms with E-state index in [-0.39, 0.29) is 6.54 Å².